The molecule has 0 bridgehead atoms. The third kappa shape index (κ3) is 3.40. The number of phenolic OH excluding ortho intramolecular Hbond substituents is 1. The molecule has 1 amide bonds. The summed E-state index contributed by atoms with van der Waals surface area (Å²) in [6, 6.07) is 2.14. The molecule has 11 heteroatoms. The molecule has 120 valence electrons. The summed E-state index contributed by atoms with van der Waals surface area (Å²) in [5.74, 6) is -1.13. The Morgan fingerprint density at radius 3 is 2.83 bits per heavy atom. The van der Waals surface area contributed by atoms with E-state index < -0.39 is 10.8 Å². The number of hydrogen-bond donors (Lipinski definition) is 2. The Balaban J connectivity index is 2.22. The number of ether oxygens (including phenoxy) is 1. The molecule has 1 heterocycles. The number of hydrogen-bond acceptors (Lipinski definition) is 9. The van der Waals surface area contributed by atoms with Crippen molar-refractivity contribution in [2.45, 2.75) is 6.92 Å². The van der Waals surface area contributed by atoms with Gasteiger partial charge < -0.3 is 9.84 Å². The second-order valence-electron chi connectivity index (χ2n) is 4.24. The highest BCUT2D eigenvalue weighted by atomic mass is 16.6. The predicted octanol–water partition coefficient (Wildman–Crippen LogP) is 0.764. The molecular formula is C12H11N5O6. The fourth-order valence-corrected chi connectivity index (χ4v) is 1.62. The van der Waals surface area contributed by atoms with Gasteiger partial charge in [-0.2, -0.15) is 5.10 Å². The minimum Gasteiger partial charge on any atom is -0.504 e. The number of nitrogens with one attached hydrogen (secondary N) is 1. The number of rotatable bonds is 5. The number of methoxy groups -OCH3 is 1. The molecule has 0 aliphatic rings. The lowest BCUT2D eigenvalue weighted by molar-refractivity contribution is -0.385. The Kier molecular flexibility index (Phi) is 4.50. The molecule has 0 spiro atoms. The number of non-ortho nitro benzene ring substituents is 1. The molecule has 0 saturated carbocycles. The van der Waals surface area contributed by atoms with Crippen molar-refractivity contribution in [3.05, 3.63) is 39.2 Å². The van der Waals surface area contributed by atoms with E-state index in [1.807, 2.05) is 0 Å². The highest BCUT2D eigenvalue weighted by Gasteiger charge is 2.17. The van der Waals surface area contributed by atoms with Crippen LogP contribution in [0, 0.1) is 17.0 Å². The second-order valence-corrected chi connectivity index (χ2v) is 4.24. The Labute approximate surface area is 128 Å². The van der Waals surface area contributed by atoms with Crippen LogP contribution >= 0.6 is 0 Å². The van der Waals surface area contributed by atoms with Crippen molar-refractivity contribution in [3.63, 3.8) is 0 Å². The number of carbonyl (C=O) groups is 1. The summed E-state index contributed by atoms with van der Waals surface area (Å²) >= 11 is 0. The van der Waals surface area contributed by atoms with Crippen LogP contribution in [-0.4, -0.2) is 39.6 Å². The number of aromatic nitrogens is 2. The number of aryl methyl sites for hydroxylation is 1. The van der Waals surface area contributed by atoms with Crippen molar-refractivity contribution in [3.8, 4) is 11.5 Å². The molecule has 2 rings (SSSR count). The second kappa shape index (κ2) is 6.51. The number of carbonyl (C=O) groups excluding carboxylic acids is 1. The standard InChI is InChI=1S/C12H11N5O6/c1-6-10(16-23-15-6)12(19)14-13-5-7-3-8(17(20)21)4-9(22-2)11(7)18/h3-5,18H,1-2H3,(H,14,19)/b13-5+. The van der Waals surface area contributed by atoms with E-state index in [-0.39, 0.29) is 34.1 Å². The van der Waals surface area contributed by atoms with Crippen LogP contribution in [0.5, 0.6) is 11.5 Å². The van der Waals surface area contributed by atoms with E-state index in [0.29, 0.717) is 0 Å². The van der Waals surface area contributed by atoms with Crippen LogP contribution in [-0.2, 0) is 0 Å². The predicted molar refractivity (Wildman–Crippen MR) is 75.4 cm³/mol. The van der Waals surface area contributed by atoms with E-state index in [1.54, 1.807) is 0 Å². The summed E-state index contributed by atoms with van der Waals surface area (Å²) in [5.41, 5.74) is 2.05. The Morgan fingerprint density at radius 2 is 2.26 bits per heavy atom. The van der Waals surface area contributed by atoms with Crippen molar-refractivity contribution in [2.24, 2.45) is 5.10 Å². The van der Waals surface area contributed by atoms with Gasteiger partial charge in [-0.1, -0.05) is 5.16 Å². The van der Waals surface area contributed by atoms with Gasteiger partial charge in [-0.25, -0.2) is 10.1 Å². The summed E-state index contributed by atoms with van der Waals surface area (Å²) in [6.07, 6.45) is 1.03. The molecule has 0 unspecified atom stereocenters. The smallest absolute Gasteiger partial charge is 0.295 e. The SMILES string of the molecule is COc1cc([N+](=O)[O-])cc(/C=N/NC(=O)c2nonc2C)c1O. The quantitative estimate of drug-likeness (QED) is 0.465. The molecule has 1 aromatic carbocycles. The summed E-state index contributed by atoms with van der Waals surface area (Å²) in [6.45, 7) is 1.52. The van der Waals surface area contributed by atoms with Crippen LogP contribution in [0.2, 0.25) is 0 Å². The highest BCUT2D eigenvalue weighted by Crippen LogP contribution is 2.33. The van der Waals surface area contributed by atoms with Crippen LogP contribution in [0.1, 0.15) is 21.7 Å². The van der Waals surface area contributed by atoms with E-state index >= 15 is 0 Å². The molecule has 2 N–H and O–H groups in total. The minimum absolute atomic E-state index is 0.00801. The molecule has 0 radical (unpaired) electrons. The van der Waals surface area contributed by atoms with Crippen molar-refractivity contribution in [2.75, 3.05) is 7.11 Å². The van der Waals surface area contributed by atoms with Crippen LogP contribution in [0.25, 0.3) is 0 Å². The summed E-state index contributed by atoms with van der Waals surface area (Å²) in [4.78, 5) is 21.9. The topological polar surface area (TPSA) is 153 Å². The number of nitrogens with zero attached hydrogens (tertiary/aromatic N) is 4. The molecule has 11 nitrogen and oxygen atoms in total. The first-order chi connectivity index (χ1) is 10.9. The lowest BCUT2D eigenvalue weighted by Gasteiger charge is -2.05. The van der Waals surface area contributed by atoms with Gasteiger partial charge in [-0.3, -0.25) is 14.9 Å². The molecule has 0 aliphatic heterocycles. The first kappa shape index (κ1) is 15.9. The zero-order valence-corrected chi connectivity index (χ0v) is 12.0. The summed E-state index contributed by atoms with van der Waals surface area (Å²) in [5, 5.41) is 31.2. The summed E-state index contributed by atoms with van der Waals surface area (Å²) in [7, 11) is 1.25. The monoisotopic (exact) mass is 321 g/mol. The first-order valence-electron chi connectivity index (χ1n) is 6.12. The zero-order chi connectivity index (χ0) is 17.0. The van der Waals surface area contributed by atoms with Crippen LogP contribution < -0.4 is 10.2 Å². The van der Waals surface area contributed by atoms with Crippen LogP contribution in [0.4, 0.5) is 5.69 Å². The fourth-order valence-electron chi connectivity index (χ4n) is 1.62. The average Bonchev–Trinajstić information content (AvgIpc) is 2.94. The van der Waals surface area contributed by atoms with Gasteiger partial charge in [-0.15, -0.1) is 0 Å². The maximum Gasteiger partial charge on any atom is 0.295 e. The lowest BCUT2D eigenvalue weighted by atomic mass is 10.2. The Morgan fingerprint density at radius 1 is 1.52 bits per heavy atom. The number of phenols is 1. The maximum absolute atomic E-state index is 11.7. The molecular weight excluding hydrogens is 310 g/mol. The molecule has 0 saturated heterocycles. The van der Waals surface area contributed by atoms with E-state index in [1.165, 1.54) is 14.0 Å². The van der Waals surface area contributed by atoms with Gasteiger partial charge in [0.05, 0.1) is 24.3 Å². The summed E-state index contributed by atoms with van der Waals surface area (Å²) < 4.78 is 9.22. The molecule has 23 heavy (non-hydrogen) atoms. The molecule has 2 aromatic rings. The van der Waals surface area contributed by atoms with Gasteiger partial charge in [0.2, 0.25) is 0 Å². The zero-order valence-electron chi connectivity index (χ0n) is 12.0. The fraction of sp³-hybridized carbons (Fsp3) is 0.167. The van der Waals surface area contributed by atoms with Gasteiger partial charge in [0, 0.05) is 11.6 Å². The number of nitro groups is 1. The molecule has 1 aromatic heterocycles. The molecule has 0 aliphatic carbocycles. The van der Waals surface area contributed by atoms with Gasteiger partial charge in [-0.05, 0) is 12.1 Å². The van der Waals surface area contributed by atoms with E-state index in [9.17, 15) is 20.0 Å². The lowest BCUT2D eigenvalue weighted by Crippen LogP contribution is -2.19. The Hall–Kier alpha value is -3.50. The van der Waals surface area contributed by atoms with E-state index in [2.05, 4.69) is 25.5 Å². The first-order valence-corrected chi connectivity index (χ1v) is 6.12. The highest BCUT2D eigenvalue weighted by molar-refractivity contribution is 5.94. The minimum atomic E-state index is -0.683. The van der Waals surface area contributed by atoms with Gasteiger partial charge in [0.25, 0.3) is 11.6 Å². The van der Waals surface area contributed by atoms with Crippen LogP contribution in [0.15, 0.2) is 21.9 Å². The Bertz CT molecular complexity index is 784. The van der Waals surface area contributed by atoms with Crippen LogP contribution in [0.3, 0.4) is 0 Å². The van der Waals surface area contributed by atoms with Crippen molar-refractivity contribution >= 4 is 17.8 Å². The normalized spacial score (nSPS) is 10.7. The van der Waals surface area contributed by atoms with Gasteiger partial charge >= 0.3 is 0 Å². The third-order valence-corrected chi connectivity index (χ3v) is 2.76. The van der Waals surface area contributed by atoms with E-state index in [4.69, 9.17) is 4.74 Å². The number of hydrazone groups is 1. The average molecular weight is 321 g/mol. The van der Waals surface area contributed by atoms with Gasteiger partial charge in [0.15, 0.2) is 17.2 Å². The largest absolute Gasteiger partial charge is 0.504 e. The number of amides is 1. The van der Waals surface area contributed by atoms with Crippen molar-refractivity contribution in [1.29, 1.82) is 0 Å². The van der Waals surface area contributed by atoms with Crippen molar-refractivity contribution in [1.82, 2.24) is 15.7 Å². The molecule has 0 fully saturated rings. The molecule has 0 atom stereocenters. The van der Waals surface area contributed by atoms with E-state index in [0.717, 1.165) is 18.3 Å². The number of aromatic hydroxyl groups is 1. The third-order valence-electron chi connectivity index (χ3n) is 2.76. The van der Waals surface area contributed by atoms with Gasteiger partial charge in [0.1, 0.15) is 5.69 Å². The number of nitro benzene ring substituents is 1. The van der Waals surface area contributed by atoms with Crippen molar-refractivity contribution < 1.29 is 24.2 Å². The number of benzene rings is 1. The maximum atomic E-state index is 11.7.